The monoisotopic (exact) mass is 576 g/mol. The molecule has 1 amide bonds. The molecule has 0 fully saturated rings. The topological polar surface area (TPSA) is 84.9 Å². The average molecular weight is 577 g/mol. The number of sulfonamides is 1. The Morgan fingerprint density at radius 3 is 2.34 bits per heavy atom. The van der Waals surface area contributed by atoms with Gasteiger partial charge in [0.15, 0.2) is 11.5 Å². The van der Waals surface area contributed by atoms with Crippen molar-refractivity contribution in [3.63, 3.8) is 0 Å². The number of benzene rings is 3. The Balaban J connectivity index is 1.70. The fourth-order valence-electron chi connectivity index (χ4n) is 3.92. The van der Waals surface area contributed by atoms with E-state index in [0.717, 1.165) is 38.9 Å². The Bertz CT molecular complexity index is 1340. The van der Waals surface area contributed by atoms with Crippen LogP contribution in [-0.2, 0) is 20.6 Å². The number of ether oxygens (including phenoxy) is 2. The molecule has 0 aliphatic rings. The van der Waals surface area contributed by atoms with Crippen LogP contribution in [0.5, 0.6) is 11.5 Å². The van der Waals surface area contributed by atoms with Gasteiger partial charge in [0.25, 0.3) is 10.0 Å². The van der Waals surface area contributed by atoms with Crippen molar-refractivity contribution in [3.8, 4) is 11.5 Å². The second-order valence-corrected chi connectivity index (χ2v) is 12.2. The largest absolute Gasteiger partial charge is 0.493 e. The highest BCUT2D eigenvalue weighted by Crippen LogP contribution is 2.32. The van der Waals surface area contributed by atoms with Gasteiger partial charge in [-0.05, 0) is 79.1 Å². The molecule has 0 radical (unpaired) electrons. The number of thioether (sulfide) groups is 1. The number of carbonyl (C=O) groups excluding carboxylic acids is 1. The number of carbonyl (C=O) groups is 1. The third-order valence-electron chi connectivity index (χ3n) is 5.67. The highest BCUT2D eigenvalue weighted by atomic mass is 35.5. The third-order valence-corrected chi connectivity index (χ3v) is 8.79. The van der Waals surface area contributed by atoms with Gasteiger partial charge in [0.1, 0.15) is 6.54 Å². The molecule has 0 bridgehead atoms. The molecule has 0 atom stereocenters. The molecule has 7 nitrogen and oxygen atoms in total. The van der Waals surface area contributed by atoms with E-state index >= 15 is 0 Å². The van der Waals surface area contributed by atoms with Crippen molar-refractivity contribution in [2.24, 2.45) is 0 Å². The molecule has 10 heteroatoms. The van der Waals surface area contributed by atoms with Crippen molar-refractivity contribution in [1.82, 2.24) is 5.32 Å². The number of nitrogens with one attached hydrogen (secondary N) is 1. The average Bonchev–Trinajstić information content (AvgIpc) is 2.88. The number of halogens is 1. The molecular formula is C28H33ClN2O5S2. The van der Waals surface area contributed by atoms with Crippen molar-refractivity contribution in [2.75, 3.05) is 37.4 Å². The maximum absolute atomic E-state index is 13.8. The number of anilines is 1. The number of methoxy groups -OCH3 is 2. The van der Waals surface area contributed by atoms with Crippen LogP contribution in [0.4, 0.5) is 5.69 Å². The lowest BCUT2D eigenvalue weighted by Crippen LogP contribution is -2.41. The zero-order chi connectivity index (χ0) is 27.7. The van der Waals surface area contributed by atoms with E-state index in [4.69, 9.17) is 21.1 Å². The first-order valence-corrected chi connectivity index (χ1v) is 15.0. The van der Waals surface area contributed by atoms with Gasteiger partial charge in [-0.2, -0.15) is 11.8 Å². The normalized spacial score (nSPS) is 11.2. The molecule has 1 N–H and O–H groups in total. The summed E-state index contributed by atoms with van der Waals surface area (Å²) in [5.74, 6) is 1.99. The summed E-state index contributed by atoms with van der Waals surface area (Å²) >= 11 is 7.78. The standard InChI is InChI=1S/C28H33ClN2O5S2/c1-20-13-21(2)15-24(14-20)31(38(33,34)25-9-10-26(35-3)27(17-25)36-4)18-28(32)30-11-6-12-37-19-22-7-5-8-23(29)16-22/h5,7-10,13-17H,6,11-12,18-19H2,1-4H3,(H,30,32). The first-order chi connectivity index (χ1) is 18.1. The van der Waals surface area contributed by atoms with Gasteiger partial charge in [-0.3, -0.25) is 9.10 Å². The van der Waals surface area contributed by atoms with Crippen molar-refractivity contribution < 1.29 is 22.7 Å². The molecule has 0 aliphatic heterocycles. The summed E-state index contributed by atoms with van der Waals surface area (Å²) in [5.41, 5.74) is 3.36. The van der Waals surface area contributed by atoms with Gasteiger partial charge in [-0.1, -0.05) is 29.8 Å². The lowest BCUT2D eigenvalue weighted by Gasteiger charge is -2.25. The van der Waals surface area contributed by atoms with E-state index < -0.39 is 10.0 Å². The van der Waals surface area contributed by atoms with Crippen LogP contribution in [0.1, 0.15) is 23.1 Å². The van der Waals surface area contributed by atoms with Crippen molar-refractivity contribution in [3.05, 3.63) is 82.4 Å². The van der Waals surface area contributed by atoms with Gasteiger partial charge < -0.3 is 14.8 Å². The van der Waals surface area contributed by atoms with E-state index in [2.05, 4.69) is 5.32 Å². The molecule has 3 aromatic rings. The van der Waals surface area contributed by atoms with Gasteiger partial charge >= 0.3 is 0 Å². The molecule has 0 aliphatic carbocycles. The van der Waals surface area contributed by atoms with E-state index in [0.29, 0.717) is 23.0 Å². The van der Waals surface area contributed by atoms with Crippen LogP contribution < -0.4 is 19.1 Å². The Labute approximate surface area is 234 Å². The molecule has 0 aromatic heterocycles. The van der Waals surface area contributed by atoms with Crippen LogP contribution in [0.3, 0.4) is 0 Å². The minimum atomic E-state index is -4.09. The van der Waals surface area contributed by atoms with Crippen LogP contribution in [0, 0.1) is 13.8 Å². The van der Waals surface area contributed by atoms with Gasteiger partial charge in [-0.25, -0.2) is 8.42 Å². The molecule has 3 aromatic carbocycles. The SMILES string of the molecule is COc1ccc(S(=O)(=O)N(CC(=O)NCCCSCc2cccc(Cl)c2)c2cc(C)cc(C)c2)cc1OC. The fourth-order valence-corrected chi connectivity index (χ4v) is 6.46. The van der Waals surface area contributed by atoms with Crippen LogP contribution >= 0.6 is 23.4 Å². The molecule has 204 valence electrons. The summed E-state index contributed by atoms with van der Waals surface area (Å²) in [5, 5.41) is 3.57. The lowest BCUT2D eigenvalue weighted by atomic mass is 10.1. The van der Waals surface area contributed by atoms with Crippen LogP contribution in [0.2, 0.25) is 5.02 Å². The van der Waals surface area contributed by atoms with E-state index in [-0.39, 0.29) is 23.1 Å². The zero-order valence-electron chi connectivity index (χ0n) is 22.0. The summed E-state index contributed by atoms with van der Waals surface area (Å²) in [6, 6.07) is 17.6. The molecule has 0 unspecified atom stereocenters. The number of rotatable bonds is 13. The number of amides is 1. The number of aryl methyl sites for hydroxylation is 2. The fraction of sp³-hybridized carbons (Fsp3) is 0.321. The van der Waals surface area contributed by atoms with Gasteiger partial charge in [0.05, 0.1) is 24.8 Å². The predicted octanol–water partition coefficient (Wildman–Crippen LogP) is 5.61. The molecule has 0 spiro atoms. The van der Waals surface area contributed by atoms with E-state index in [1.54, 1.807) is 23.9 Å². The summed E-state index contributed by atoms with van der Waals surface area (Å²) in [6.07, 6.45) is 0.753. The highest BCUT2D eigenvalue weighted by Gasteiger charge is 2.28. The van der Waals surface area contributed by atoms with Crippen LogP contribution in [-0.4, -0.2) is 47.4 Å². The van der Waals surface area contributed by atoms with Crippen LogP contribution in [0.25, 0.3) is 0 Å². The number of nitrogens with zero attached hydrogens (tertiary/aromatic N) is 1. The smallest absolute Gasteiger partial charge is 0.264 e. The maximum Gasteiger partial charge on any atom is 0.264 e. The van der Waals surface area contributed by atoms with Crippen molar-refractivity contribution >= 4 is 45.0 Å². The number of hydrogen-bond acceptors (Lipinski definition) is 6. The molecule has 0 heterocycles. The Morgan fingerprint density at radius 1 is 0.974 bits per heavy atom. The van der Waals surface area contributed by atoms with Gasteiger partial charge in [0.2, 0.25) is 5.91 Å². The molecule has 0 saturated carbocycles. The summed E-state index contributed by atoms with van der Waals surface area (Å²) in [6.45, 7) is 3.87. The van der Waals surface area contributed by atoms with Crippen LogP contribution in [0.15, 0.2) is 65.6 Å². The number of hydrogen-bond donors (Lipinski definition) is 1. The minimum absolute atomic E-state index is 0.000440. The van der Waals surface area contributed by atoms with Gasteiger partial charge in [-0.15, -0.1) is 0 Å². The molecule has 38 heavy (non-hydrogen) atoms. The molecular weight excluding hydrogens is 544 g/mol. The minimum Gasteiger partial charge on any atom is -0.493 e. The predicted molar refractivity (Wildman–Crippen MR) is 155 cm³/mol. The van der Waals surface area contributed by atoms with Gasteiger partial charge in [0, 0.05) is 23.4 Å². The molecule has 3 rings (SSSR count). The Morgan fingerprint density at radius 2 is 1.68 bits per heavy atom. The van der Waals surface area contributed by atoms with E-state index in [1.165, 1.54) is 32.4 Å². The Kier molecular flexibility index (Phi) is 10.8. The summed E-state index contributed by atoms with van der Waals surface area (Å²) < 4.78 is 39.2. The van der Waals surface area contributed by atoms with E-state index in [1.807, 2.05) is 44.2 Å². The lowest BCUT2D eigenvalue weighted by molar-refractivity contribution is -0.119. The maximum atomic E-state index is 13.8. The summed E-state index contributed by atoms with van der Waals surface area (Å²) in [7, 11) is -1.17. The highest BCUT2D eigenvalue weighted by molar-refractivity contribution is 7.98. The van der Waals surface area contributed by atoms with Crippen molar-refractivity contribution in [2.45, 2.75) is 30.9 Å². The Hall–Kier alpha value is -2.88. The molecule has 0 saturated heterocycles. The summed E-state index contributed by atoms with van der Waals surface area (Å²) in [4.78, 5) is 12.9. The second-order valence-electron chi connectivity index (χ2n) is 8.76. The first kappa shape index (κ1) is 29.7. The van der Waals surface area contributed by atoms with Crippen molar-refractivity contribution in [1.29, 1.82) is 0 Å². The first-order valence-electron chi connectivity index (χ1n) is 12.1. The third kappa shape index (κ3) is 8.06. The van der Waals surface area contributed by atoms with E-state index in [9.17, 15) is 13.2 Å². The second kappa shape index (κ2) is 13.8. The zero-order valence-corrected chi connectivity index (χ0v) is 24.4. The quantitative estimate of drug-likeness (QED) is 0.266.